The molecular weight excluding hydrogens is 251 g/mol. The van der Waals surface area contributed by atoms with Crippen LogP contribution in [0, 0.1) is 0 Å². The molecule has 0 atom stereocenters. The summed E-state index contributed by atoms with van der Waals surface area (Å²) in [5, 5.41) is 8.40. The van der Waals surface area contributed by atoms with Crippen LogP contribution < -0.4 is 0 Å². The Hall–Kier alpha value is -0.940. The summed E-state index contributed by atoms with van der Waals surface area (Å²) in [5.74, 6) is -1.82. The van der Waals surface area contributed by atoms with Gasteiger partial charge >= 0.3 is 5.97 Å². The predicted molar refractivity (Wildman–Crippen MR) is 50.7 cm³/mol. The van der Waals surface area contributed by atoms with Crippen LogP contribution >= 0.6 is 23.2 Å². The molecule has 0 spiro atoms. The molecule has 0 fully saturated rings. The summed E-state index contributed by atoms with van der Waals surface area (Å²) in [7, 11) is 0. The van der Waals surface area contributed by atoms with Gasteiger partial charge in [-0.2, -0.15) is 0 Å². The van der Waals surface area contributed by atoms with Crippen LogP contribution in [0.25, 0.3) is 0 Å². The maximum Gasteiger partial charge on any atom is 0.337 e. The Balaban J connectivity index is 3.51. The van der Waals surface area contributed by atoms with E-state index in [0.29, 0.717) is 0 Å². The molecule has 1 aromatic rings. The molecule has 1 heterocycles. The van der Waals surface area contributed by atoms with Gasteiger partial charge < -0.3 is 5.11 Å². The van der Waals surface area contributed by atoms with Crippen LogP contribution in [0.3, 0.4) is 0 Å². The summed E-state index contributed by atoms with van der Waals surface area (Å²) >= 11 is 10.9. The Morgan fingerprint density at radius 3 is 2.60 bits per heavy atom. The zero-order valence-electron chi connectivity index (χ0n) is 7.18. The molecular formula is C8H5Cl2F2NO2. The summed E-state index contributed by atoms with van der Waals surface area (Å²) in [5.41, 5.74) is -1.53. The molecule has 3 nitrogen and oxygen atoms in total. The largest absolute Gasteiger partial charge is 0.478 e. The van der Waals surface area contributed by atoms with E-state index in [1.807, 2.05) is 0 Å². The van der Waals surface area contributed by atoms with Crippen molar-refractivity contribution in [2.24, 2.45) is 0 Å². The van der Waals surface area contributed by atoms with E-state index >= 15 is 0 Å². The standard InChI is InChI=1S/C8H5Cl2F2NO2/c9-1-4-6(7(11)12)5(8(14)15)3(10)2-13-4/h2,7H,1H2,(H,14,15). The van der Waals surface area contributed by atoms with Gasteiger partial charge in [0.25, 0.3) is 6.43 Å². The number of nitrogens with zero attached hydrogens (tertiary/aromatic N) is 1. The van der Waals surface area contributed by atoms with E-state index < -0.39 is 23.5 Å². The van der Waals surface area contributed by atoms with Crippen molar-refractivity contribution in [2.75, 3.05) is 0 Å². The predicted octanol–water partition coefficient (Wildman–Crippen LogP) is 3.11. The highest BCUT2D eigenvalue weighted by Gasteiger charge is 2.25. The number of rotatable bonds is 3. The Morgan fingerprint density at radius 1 is 1.60 bits per heavy atom. The van der Waals surface area contributed by atoms with Gasteiger partial charge in [-0.1, -0.05) is 11.6 Å². The first-order valence-electron chi connectivity index (χ1n) is 3.73. The molecule has 0 bridgehead atoms. The molecule has 0 saturated heterocycles. The van der Waals surface area contributed by atoms with Crippen LogP contribution in [0.2, 0.25) is 5.02 Å². The van der Waals surface area contributed by atoms with E-state index in [1.54, 1.807) is 0 Å². The second-order valence-corrected chi connectivity index (χ2v) is 3.26. The first-order chi connectivity index (χ1) is 6.99. The van der Waals surface area contributed by atoms with Crippen LogP contribution in [-0.2, 0) is 5.88 Å². The monoisotopic (exact) mass is 255 g/mol. The average molecular weight is 256 g/mol. The Morgan fingerprint density at radius 2 is 2.20 bits per heavy atom. The Kier molecular flexibility index (Phi) is 3.82. The fourth-order valence-electron chi connectivity index (χ4n) is 1.10. The van der Waals surface area contributed by atoms with Crippen LogP contribution in [-0.4, -0.2) is 16.1 Å². The molecule has 0 saturated carbocycles. The molecule has 0 aliphatic heterocycles. The first-order valence-corrected chi connectivity index (χ1v) is 4.65. The van der Waals surface area contributed by atoms with E-state index in [4.69, 9.17) is 28.3 Å². The molecule has 1 rings (SSSR count). The topological polar surface area (TPSA) is 50.2 Å². The average Bonchev–Trinajstić information content (AvgIpc) is 2.16. The fourth-order valence-corrected chi connectivity index (χ4v) is 1.54. The number of pyridine rings is 1. The van der Waals surface area contributed by atoms with E-state index in [9.17, 15) is 13.6 Å². The van der Waals surface area contributed by atoms with E-state index in [0.717, 1.165) is 6.20 Å². The van der Waals surface area contributed by atoms with Gasteiger partial charge in [-0.15, -0.1) is 11.6 Å². The van der Waals surface area contributed by atoms with Gasteiger partial charge in [0.15, 0.2) is 0 Å². The fraction of sp³-hybridized carbons (Fsp3) is 0.250. The minimum absolute atomic E-state index is 0.173. The third-order valence-corrected chi connectivity index (χ3v) is 2.25. The SMILES string of the molecule is O=C(O)c1c(Cl)cnc(CCl)c1C(F)F. The second-order valence-electron chi connectivity index (χ2n) is 2.58. The number of aromatic nitrogens is 1. The summed E-state index contributed by atoms with van der Waals surface area (Å²) in [6.45, 7) is 0. The number of carboxylic acids is 1. The van der Waals surface area contributed by atoms with Gasteiger partial charge in [0.2, 0.25) is 0 Å². The highest BCUT2D eigenvalue weighted by Crippen LogP contribution is 2.30. The van der Waals surface area contributed by atoms with Crippen molar-refractivity contribution in [1.82, 2.24) is 4.98 Å². The van der Waals surface area contributed by atoms with Gasteiger partial charge in [-0.25, -0.2) is 13.6 Å². The molecule has 0 amide bonds. The third-order valence-electron chi connectivity index (χ3n) is 1.71. The number of aromatic carboxylic acids is 1. The maximum atomic E-state index is 12.6. The molecule has 0 aliphatic rings. The quantitative estimate of drug-likeness (QED) is 0.845. The molecule has 0 aromatic carbocycles. The number of alkyl halides is 3. The van der Waals surface area contributed by atoms with Crippen LogP contribution in [0.15, 0.2) is 6.20 Å². The number of hydrogen-bond acceptors (Lipinski definition) is 2. The van der Waals surface area contributed by atoms with Crippen LogP contribution in [0.5, 0.6) is 0 Å². The van der Waals surface area contributed by atoms with Crippen molar-refractivity contribution in [1.29, 1.82) is 0 Å². The van der Waals surface area contributed by atoms with Crippen molar-refractivity contribution in [2.45, 2.75) is 12.3 Å². The summed E-state index contributed by atoms with van der Waals surface area (Å²) in [6.07, 6.45) is -1.98. The molecule has 7 heteroatoms. The minimum atomic E-state index is -2.98. The molecule has 0 radical (unpaired) electrons. The lowest BCUT2D eigenvalue weighted by atomic mass is 10.1. The number of carboxylic acid groups (broad SMARTS) is 1. The normalized spacial score (nSPS) is 10.7. The summed E-state index contributed by atoms with van der Waals surface area (Å²) < 4.78 is 25.2. The van der Waals surface area contributed by atoms with Crippen molar-refractivity contribution in [3.63, 3.8) is 0 Å². The molecule has 0 unspecified atom stereocenters. The number of hydrogen-bond donors (Lipinski definition) is 1. The Bertz CT molecular complexity index is 398. The highest BCUT2D eigenvalue weighted by molar-refractivity contribution is 6.33. The lowest BCUT2D eigenvalue weighted by Crippen LogP contribution is -2.08. The van der Waals surface area contributed by atoms with Crippen molar-refractivity contribution in [3.05, 3.63) is 28.0 Å². The molecule has 15 heavy (non-hydrogen) atoms. The van der Waals surface area contributed by atoms with Crippen molar-refractivity contribution in [3.8, 4) is 0 Å². The zero-order chi connectivity index (χ0) is 11.6. The smallest absolute Gasteiger partial charge is 0.337 e. The van der Waals surface area contributed by atoms with Gasteiger partial charge in [0.1, 0.15) is 0 Å². The van der Waals surface area contributed by atoms with Gasteiger partial charge in [0, 0.05) is 6.20 Å². The summed E-state index contributed by atoms with van der Waals surface area (Å²) in [4.78, 5) is 14.3. The third kappa shape index (κ3) is 2.35. The van der Waals surface area contributed by atoms with Crippen LogP contribution in [0.1, 0.15) is 28.0 Å². The molecule has 82 valence electrons. The molecule has 1 N–H and O–H groups in total. The maximum absolute atomic E-state index is 12.6. The van der Waals surface area contributed by atoms with Gasteiger partial charge in [0.05, 0.1) is 27.7 Å². The molecule has 0 aliphatic carbocycles. The van der Waals surface area contributed by atoms with E-state index in [1.165, 1.54) is 0 Å². The second kappa shape index (κ2) is 4.72. The lowest BCUT2D eigenvalue weighted by Gasteiger charge is -2.10. The highest BCUT2D eigenvalue weighted by atomic mass is 35.5. The van der Waals surface area contributed by atoms with E-state index in [-0.39, 0.29) is 16.6 Å². The van der Waals surface area contributed by atoms with Gasteiger partial charge in [-0.05, 0) is 0 Å². The molecule has 1 aromatic heterocycles. The number of carbonyl (C=O) groups is 1. The van der Waals surface area contributed by atoms with Crippen LogP contribution in [0.4, 0.5) is 8.78 Å². The number of halogens is 4. The zero-order valence-corrected chi connectivity index (χ0v) is 8.69. The lowest BCUT2D eigenvalue weighted by molar-refractivity contribution is 0.0684. The summed E-state index contributed by atoms with van der Waals surface area (Å²) in [6, 6.07) is 0. The minimum Gasteiger partial charge on any atom is -0.478 e. The van der Waals surface area contributed by atoms with Crippen molar-refractivity contribution < 1.29 is 18.7 Å². The first kappa shape index (κ1) is 12.1. The van der Waals surface area contributed by atoms with Crippen molar-refractivity contribution >= 4 is 29.2 Å². The van der Waals surface area contributed by atoms with E-state index in [2.05, 4.69) is 4.98 Å². The Labute approximate surface area is 93.6 Å². The van der Waals surface area contributed by atoms with Gasteiger partial charge in [-0.3, -0.25) is 4.98 Å².